The summed E-state index contributed by atoms with van der Waals surface area (Å²) in [5.41, 5.74) is 0.542. The molecule has 0 atom stereocenters. The average Bonchev–Trinajstić information content (AvgIpc) is 2.45. The van der Waals surface area contributed by atoms with E-state index in [1.54, 1.807) is 7.11 Å². The molecule has 0 saturated heterocycles. The number of aliphatic hydroxyl groups excluding tert-OH is 1. The Balaban J connectivity index is 2.40. The Labute approximate surface area is 118 Å². The molecule has 1 aromatic carbocycles. The van der Waals surface area contributed by atoms with E-state index in [1.165, 1.54) is 18.2 Å². The molecule has 1 aromatic rings. The standard InChI is InChI=1S/C15H19FO4/c1-18-8-3-9-19-10-11-20-15-12-14(16)6-5-13(15)4-2-7-17/h5-6,12,17H,3,7-11H2,1H3. The first-order valence-corrected chi connectivity index (χ1v) is 6.36. The highest BCUT2D eigenvalue weighted by atomic mass is 19.1. The maximum Gasteiger partial charge on any atom is 0.137 e. The molecule has 0 aliphatic carbocycles. The van der Waals surface area contributed by atoms with Crippen LogP contribution < -0.4 is 4.74 Å². The van der Waals surface area contributed by atoms with Gasteiger partial charge in [0.15, 0.2) is 0 Å². The summed E-state index contributed by atoms with van der Waals surface area (Å²) in [5.74, 6) is 5.18. The van der Waals surface area contributed by atoms with E-state index in [2.05, 4.69) is 11.8 Å². The minimum Gasteiger partial charge on any atom is -0.490 e. The zero-order chi connectivity index (χ0) is 14.6. The lowest BCUT2D eigenvalue weighted by Gasteiger charge is -2.09. The van der Waals surface area contributed by atoms with Gasteiger partial charge in [-0.25, -0.2) is 4.39 Å². The molecule has 0 unspecified atom stereocenters. The van der Waals surface area contributed by atoms with Crippen LogP contribution >= 0.6 is 0 Å². The Hall–Kier alpha value is -1.61. The van der Waals surface area contributed by atoms with Gasteiger partial charge >= 0.3 is 0 Å². The lowest BCUT2D eigenvalue weighted by molar-refractivity contribution is 0.0805. The van der Waals surface area contributed by atoms with Crippen molar-refractivity contribution in [2.75, 3.05) is 40.1 Å². The van der Waals surface area contributed by atoms with Crippen molar-refractivity contribution in [1.29, 1.82) is 0 Å². The van der Waals surface area contributed by atoms with Crippen LogP contribution in [0.1, 0.15) is 12.0 Å². The second-order valence-electron chi connectivity index (χ2n) is 3.91. The average molecular weight is 282 g/mol. The van der Waals surface area contributed by atoms with Crippen molar-refractivity contribution in [3.63, 3.8) is 0 Å². The fraction of sp³-hybridized carbons (Fsp3) is 0.467. The molecule has 20 heavy (non-hydrogen) atoms. The second kappa shape index (κ2) is 10.2. The Kier molecular flexibility index (Phi) is 8.40. The summed E-state index contributed by atoms with van der Waals surface area (Å²) in [5, 5.41) is 8.67. The number of benzene rings is 1. The number of rotatable bonds is 8. The zero-order valence-corrected chi connectivity index (χ0v) is 11.5. The van der Waals surface area contributed by atoms with Crippen LogP contribution in [0.5, 0.6) is 5.75 Å². The van der Waals surface area contributed by atoms with Gasteiger partial charge in [-0.15, -0.1) is 0 Å². The minimum absolute atomic E-state index is 0.251. The predicted molar refractivity (Wildman–Crippen MR) is 73.2 cm³/mol. The van der Waals surface area contributed by atoms with Crippen LogP contribution in [-0.2, 0) is 9.47 Å². The van der Waals surface area contributed by atoms with E-state index in [0.717, 1.165) is 6.42 Å². The van der Waals surface area contributed by atoms with Gasteiger partial charge in [-0.05, 0) is 18.6 Å². The molecule has 1 N–H and O–H groups in total. The number of halogens is 1. The van der Waals surface area contributed by atoms with Crippen molar-refractivity contribution in [2.24, 2.45) is 0 Å². The Bertz CT molecular complexity index is 451. The summed E-state index contributed by atoms with van der Waals surface area (Å²) in [7, 11) is 1.64. The van der Waals surface area contributed by atoms with Crippen LogP contribution in [0.25, 0.3) is 0 Å². The van der Waals surface area contributed by atoms with Crippen LogP contribution in [0, 0.1) is 17.7 Å². The van der Waals surface area contributed by atoms with Crippen LogP contribution in [0.3, 0.4) is 0 Å². The summed E-state index contributed by atoms with van der Waals surface area (Å²) in [4.78, 5) is 0. The first-order valence-electron chi connectivity index (χ1n) is 6.36. The number of ether oxygens (including phenoxy) is 3. The number of hydrogen-bond donors (Lipinski definition) is 1. The molecule has 1 rings (SSSR count). The highest BCUT2D eigenvalue weighted by Gasteiger charge is 2.03. The SMILES string of the molecule is COCCCOCCOc1cc(F)ccc1C#CCO. The Morgan fingerprint density at radius 1 is 1.20 bits per heavy atom. The van der Waals surface area contributed by atoms with Gasteiger partial charge in [-0.2, -0.15) is 0 Å². The molecular weight excluding hydrogens is 263 g/mol. The van der Waals surface area contributed by atoms with Crippen molar-refractivity contribution in [2.45, 2.75) is 6.42 Å². The third-order valence-corrected chi connectivity index (χ3v) is 2.37. The van der Waals surface area contributed by atoms with Gasteiger partial charge in [0, 0.05) is 26.4 Å². The number of hydrogen-bond acceptors (Lipinski definition) is 4. The highest BCUT2D eigenvalue weighted by Crippen LogP contribution is 2.18. The highest BCUT2D eigenvalue weighted by molar-refractivity contribution is 5.46. The van der Waals surface area contributed by atoms with E-state index in [9.17, 15) is 4.39 Å². The van der Waals surface area contributed by atoms with Crippen LogP contribution in [0.4, 0.5) is 4.39 Å². The van der Waals surface area contributed by atoms with E-state index < -0.39 is 5.82 Å². The van der Waals surface area contributed by atoms with Gasteiger partial charge in [0.05, 0.1) is 12.2 Å². The van der Waals surface area contributed by atoms with E-state index >= 15 is 0 Å². The summed E-state index contributed by atoms with van der Waals surface area (Å²) in [6.45, 7) is 1.72. The van der Waals surface area contributed by atoms with Crippen molar-refractivity contribution in [3.05, 3.63) is 29.6 Å². The van der Waals surface area contributed by atoms with Gasteiger partial charge in [0.1, 0.15) is 24.8 Å². The molecule has 0 bridgehead atoms. The Morgan fingerprint density at radius 3 is 2.80 bits per heavy atom. The maximum atomic E-state index is 13.2. The van der Waals surface area contributed by atoms with E-state index in [1.807, 2.05) is 0 Å². The van der Waals surface area contributed by atoms with Crippen molar-refractivity contribution in [1.82, 2.24) is 0 Å². The predicted octanol–water partition coefficient (Wildman–Crippen LogP) is 1.60. The number of methoxy groups -OCH3 is 1. The molecule has 0 radical (unpaired) electrons. The molecular formula is C15H19FO4. The monoisotopic (exact) mass is 282 g/mol. The third kappa shape index (κ3) is 6.53. The summed E-state index contributed by atoms with van der Waals surface area (Å²) in [6.07, 6.45) is 0.823. The smallest absolute Gasteiger partial charge is 0.137 e. The molecule has 0 amide bonds. The molecule has 0 spiro atoms. The normalized spacial score (nSPS) is 9.95. The summed E-state index contributed by atoms with van der Waals surface area (Å²) in [6, 6.07) is 4.09. The first kappa shape index (κ1) is 16.4. The van der Waals surface area contributed by atoms with Crippen molar-refractivity contribution < 1.29 is 23.7 Å². The van der Waals surface area contributed by atoms with Crippen LogP contribution in [0.2, 0.25) is 0 Å². The molecule has 0 aliphatic heterocycles. The van der Waals surface area contributed by atoms with Gasteiger partial charge in [-0.1, -0.05) is 11.8 Å². The van der Waals surface area contributed by atoms with E-state index in [4.69, 9.17) is 19.3 Å². The lowest BCUT2D eigenvalue weighted by Crippen LogP contribution is -2.09. The quantitative estimate of drug-likeness (QED) is 0.581. The first-order chi connectivity index (χ1) is 9.77. The van der Waals surface area contributed by atoms with Crippen molar-refractivity contribution in [3.8, 4) is 17.6 Å². The summed E-state index contributed by atoms with van der Waals surface area (Å²) < 4.78 is 28.8. The largest absolute Gasteiger partial charge is 0.490 e. The third-order valence-electron chi connectivity index (χ3n) is 2.37. The topological polar surface area (TPSA) is 47.9 Å². The number of aliphatic hydroxyl groups is 1. The summed E-state index contributed by atoms with van der Waals surface area (Å²) >= 11 is 0. The van der Waals surface area contributed by atoms with E-state index in [0.29, 0.717) is 37.7 Å². The Morgan fingerprint density at radius 2 is 2.05 bits per heavy atom. The van der Waals surface area contributed by atoms with Gasteiger partial charge in [0.25, 0.3) is 0 Å². The minimum atomic E-state index is -0.393. The van der Waals surface area contributed by atoms with Crippen molar-refractivity contribution >= 4 is 0 Å². The molecule has 0 aliphatic rings. The molecule has 110 valence electrons. The van der Waals surface area contributed by atoms with Crippen LogP contribution in [-0.4, -0.2) is 45.3 Å². The van der Waals surface area contributed by atoms with Gasteiger partial charge in [-0.3, -0.25) is 0 Å². The molecule has 5 heteroatoms. The van der Waals surface area contributed by atoms with Gasteiger partial charge < -0.3 is 19.3 Å². The van der Waals surface area contributed by atoms with Gasteiger partial charge in [0.2, 0.25) is 0 Å². The van der Waals surface area contributed by atoms with Crippen LogP contribution in [0.15, 0.2) is 18.2 Å². The fourth-order valence-corrected chi connectivity index (χ4v) is 1.47. The van der Waals surface area contributed by atoms with E-state index in [-0.39, 0.29) is 6.61 Å². The maximum absolute atomic E-state index is 13.2. The fourth-order valence-electron chi connectivity index (χ4n) is 1.47. The molecule has 0 aromatic heterocycles. The lowest BCUT2D eigenvalue weighted by atomic mass is 10.2. The molecule has 4 nitrogen and oxygen atoms in total. The second-order valence-corrected chi connectivity index (χ2v) is 3.91. The molecule has 0 saturated carbocycles. The zero-order valence-electron chi connectivity index (χ0n) is 11.5. The molecule has 0 heterocycles. The molecule has 0 fully saturated rings.